The minimum absolute atomic E-state index is 0.0966. The quantitative estimate of drug-likeness (QED) is 0.636. The second kappa shape index (κ2) is 8.05. The highest BCUT2D eigenvalue weighted by molar-refractivity contribution is 5.89. The van der Waals surface area contributed by atoms with E-state index in [-0.39, 0.29) is 23.2 Å². The predicted octanol–water partition coefficient (Wildman–Crippen LogP) is 1.82. The topological polar surface area (TPSA) is 119 Å². The summed E-state index contributed by atoms with van der Waals surface area (Å²) < 4.78 is 6.96. The third-order valence-corrected chi connectivity index (χ3v) is 4.69. The fourth-order valence-electron chi connectivity index (χ4n) is 3.01. The number of aryl methyl sites for hydroxylation is 1. The molecule has 0 bridgehead atoms. The lowest BCUT2D eigenvalue weighted by Gasteiger charge is -2.13. The lowest BCUT2D eigenvalue weighted by Crippen LogP contribution is -2.31. The zero-order valence-corrected chi connectivity index (χ0v) is 16.9. The zero-order valence-electron chi connectivity index (χ0n) is 16.9. The normalized spacial score (nSPS) is 12.8. The van der Waals surface area contributed by atoms with E-state index in [4.69, 9.17) is 4.52 Å². The third-order valence-electron chi connectivity index (χ3n) is 4.69. The van der Waals surface area contributed by atoms with Gasteiger partial charge in [0.2, 0.25) is 0 Å². The van der Waals surface area contributed by atoms with Crippen molar-refractivity contribution in [3.63, 3.8) is 0 Å². The molecule has 9 nitrogen and oxygen atoms in total. The van der Waals surface area contributed by atoms with Crippen LogP contribution < -0.4 is 16.6 Å². The van der Waals surface area contributed by atoms with Crippen LogP contribution in [-0.2, 0) is 13.0 Å². The van der Waals surface area contributed by atoms with Crippen molar-refractivity contribution in [1.82, 2.24) is 30.0 Å². The molecule has 9 heteroatoms. The third kappa shape index (κ3) is 3.75. The van der Waals surface area contributed by atoms with Crippen LogP contribution in [0, 0.1) is 0 Å². The largest absolute Gasteiger partial charge is 0.334 e. The molecule has 28 heavy (non-hydrogen) atoms. The van der Waals surface area contributed by atoms with E-state index in [9.17, 15) is 9.59 Å². The van der Waals surface area contributed by atoms with Crippen molar-refractivity contribution in [2.75, 3.05) is 7.05 Å². The van der Waals surface area contributed by atoms with E-state index >= 15 is 0 Å². The minimum Gasteiger partial charge on any atom is -0.334 e. The van der Waals surface area contributed by atoms with E-state index < -0.39 is 11.2 Å². The van der Waals surface area contributed by atoms with Gasteiger partial charge < -0.3 is 9.84 Å². The first kappa shape index (κ1) is 19.9. The molecule has 0 saturated heterocycles. The van der Waals surface area contributed by atoms with Crippen molar-refractivity contribution < 1.29 is 4.52 Å². The van der Waals surface area contributed by atoms with Crippen LogP contribution in [0.4, 0.5) is 0 Å². The minimum atomic E-state index is -0.506. The molecular weight excluding hydrogens is 360 g/mol. The summed E-state index contributed by atoms with van der Waals surface area (Å²) in [6.07, 6.45) is 1.33. The second-order valence-electron chi connectivity index (χ2n) is 7.27. The predicted molar refractivity (Wildman–Crippen MR) is 107 cm³/mol. The first-order chi connectivity index (χ1) is 13.3. The lowest BCUT2D eigenvalue weighted by atomic mass is 10.0. The molecule has 1 unspecified atom stereocenters. The Balaban J connectivity index is 2.28. The number of aromatic nitrogens is 5. The highest BCUT2D eigenvalue weighted by Crippen LogP contribution is 2.27. The number of hydrogen-bond acceptors (Lipinski definition) is 7. The summed E-state index contributed by atoms with van der Waals surface area (Å²) in [5, 5.41) is 7.46. The molecule has 0 aliphatic rings. The summed E-state index contributed by atoms with van der Waals surface area (Å²) in [5.74, 6) is 0.894. The van der Waals surface area contributed by atoms with Gasteiger partial charge in [0.15, 0.2) is 11.5 Å². The average Bonchev–Trinajstić information content (AvgIpc) is 3.12. The molecule has 0 aromatic carbocycles. The van der Waals surface area contributed by atoms with Gasteiger partial charge in [0.05, 0.1) is 10.9 Å². The van der Waals surface area contributed by atoms with Gasteiger partial charge in [-0.05, 0) is 32.4 Å². The molecule has 0 aliphatic carbocycles. The van der Waals surface area contributed by atoms with Gasteiger partial charge >= 0.3 is 5.69 Å². The highest BCUT2D eigenvalue weighted by Gasteiger charge is 2.21. The Labute approximate surface area is 162 Å². The number of nitrogens with one attached hydrogen (secondary N) is 2. The van der Waals surface area contributed by atoms with Crippen LogP contribution in [0.2, 0.25) is 0 Å². The summed E-state index contributed by atoms with van der Waals surface area (Å²) in [6, 6.07) is 1.98. The number of rotatable bonds is 7. The smallest absolute Gasteiger partial charge is 0.329 e. The van der Waals surface area contributed by atoms with Gasteiger partial charge in [0.25, 0.3) is 11.4 Å². The first-order valence-corrected chi connectivity index (χ1v) is 9.53. The van der Waals surface area contributed by atoms with Crippen LogP contribution in [0.15, 0.2) is 20.2 Å². The van der Waals surface area contributed by atoms with Gasteiger partial charge in [-0.3, -0.25) is 14.3 Å². The van der Waals surface area contributed by atoms with E-state index in [1.54, 1.807) is 6.07 Å². The molecule has 0 saturated carbocycles. The van der Waals surface area contributed by atoms with E-state index in [1.807, 2.05) is 34.7 Å². The van der Waals surface area contributed by atoms with Gasteiger partial charge in [-0.15, -0.1) is 0 Å². The van der Waals surface area contributed by atoms with E-state index in [2.05, 4.69) is 25.4 Å². The van der Waals surface area contributed by atoms with Crippen LogP contribution in [0.1, 0.15) is 51.6 Å². The van der Waals surface area contributed by atoms with Crippen LogP contribution in [0.3, 0.4) is 0 Å². The maximum Gasteiger partial charge on any atom is 0.329 e. The van der Waals surface area contributed by atoms with Crippen molar-refractivity contribution in [2.45, 2.75) is 59.0 Å². The molecule has 2 N–H and O–H groups in total. The first-order valence-electron chi connectivity index (χ1n) is 9.53. The maximum atomic E-state index is 12.7. The molecule has 3 aromatic rings. The standard InChI is InChI=1S/C19H26N6O3/c1-6-7-25-16-15(17(26)23-19(25)27)12(9-13(21-16)10(2)3)18-22-14(24-28-18)8-11(4)20-5/h9-11,20H,6-8H2,1-5H3,(H,23,26,27). The Morgan fingerprint density at radius 1 is 1.25 bits per heavy atom. The Morgan fingerprint density at radius 3 is 2.64 bits per heavy atom. The molecule has 0 fully saturated rings. The van der Waals surface area contributed by atoms with Gasteiger partial charge in [-0.2, -0.15) is 4.98 Å². The van der Waals surface area contributed by atoms with E-state index in [1.165, 1.54) is 4.57 Å². The number of H-pyrrole nitrogens is 1. The Kier molecular flexibility index (Phi) is 5.73. The summed E-state index contributed by atoms with van der Waals surface area (Å²) in [5.41, 5.74) is 0.623. The molecular formula is C19H26N6O3. The van der Waals surface area contributed by atoms with Gasteiger partial charge in [-0.1, -0.05) is 25.9 Å². The molecule has 3 heterocycles. The number of aromatic amines is 1. The Morgan fingerprint density at radius 2 is 2.00 bits per heavy atom. The summed E-state index contributed by atoms with van der Waals surface area (Å²) in [7, 11) is 1.86. The number of nitrogens with zero attached hydrogens (tertiary/aromatic N) is 4. The van der Waals surface area contributed by atoms with Crippen LogP contribution >= 0.6 is 0 Å². The highest BCUT2D eigenvalue weighted by atomic mass is 16.5. The fraction of sp³-hybridized carbons (Fsp3) is 0.526. The van der Waals surface area contributed by atoms with Gasteiger partial charge in [0.1, 0.15) is 0 Å². The van der Waals surface area contributed by atoms with Crippen LogP contribution in [0.5, 0.6) is 0 Å². The van der Waals surface area contributed by atoms with E-state index in [0.717, 1.165) is 12.1 Å². The van der Waals surface area contributed by atoms with Crippen molar-refractivity contribution in [3.05, 3.63) is 38.4 Å². The lowest BCUT2D eigenvalue weighted by molar-refractivity contribution is 0.418. The molecule has 0 radical (unpaired) electrons. The molecule has 0 amide bonds. The molecule has 150 valence electrons. The van der Waals surface area contributed by atoms with E-state index in [0.29, 0.717) is 30.0 Å². The van der Waals surface area contributed by atoms with Gasteiger partial charge in [-0.25, -0.2) is 9.78 Å². The van der Waals surface area contributed by atoms with Gasteiger partial charge in [0, 0.05) is 24.7 Å². The summed E-state index contributed by atoms with van der Waals surface area (Å²) in [4.78, 5) is 36.5. The molecule has 0 aliphatic heterocycles. The van der Waals surface area contributed by atoms with Crippen LogP contribution in [-0.4, -0.2) is 37.8 Å². The average molecular weight is 386 g/mol. The van der Waals surface area contributed by atoms with Crippen molar-refractivity contribution >= 4 is 11.0 Å². The van der Waals surface area contributed by atoms with Crippen molar-refractivity contribution in [2.24, 2.45) is 0 Å². The number of likely N-dealkylation sites (N-methyl/N-ethyl adjacent to an activating group) is 1. The van der Waals surface area contributed by atoms with Crippen molar-refractivity contribution in [3.8, 4) is 11.5 Å². The molecule has 0 spiro atoms. The maximum absolute atomic E-state index is 12.7. The van der Waals surface area contributed by atoms with Crippen LogP contribution in [0.25, 0.3) is 22.5 Å². The number of hydrogen-bond donors (Lipinski definition) is 2. The zero-order chi connectivity index (χ0) is 20.4. The molecule has 3 rings (SSSR count). The molecule has 1 atom stereocenters. The second-order valence-corrected chi connectivity index (χ2v) is 7.27. The SMILES string of the molecule is CCCn1c(=O)[nH]c(=O)c2c(-c3nc(CC(C)NC)no3)cc(C(C)C)nc21. The Hall–Kier alpha value is -2.81. The molecule has 3 aromatic heterocycles. The Bertz CT molecular complexity index is 1100. The monoisotopic (exact) mass is 386 g/mol. The summed E-state index contributed by atoms with van der Waals surface area (Å²) >= 11 is 0. The van der Waals surface area contributed by atoms with Crippen molar-refractivity contribution in [1.29, 1.82) is 0 Å². The number of pyridine rings is 1. The number of fused-ring (bicyclic) bond motifs is 1. The summed E-state index contributed by atoms with van der Waals surface area (Å²) in [6.45, 7) is 8.43. The fourth-order valence-corrected chi connectivity index (χ4v) is 3.01.